The summed E-state index contributed by atoms with van der Waals surface area (Å²) in [6, 6.07) is 0.101. The highest BCUT2D eigenvalue weighted by molar-refractivity contribution is 7.91. The number of sulfone groups is 1. The molecule has 1 fully saturated rings. The summed E-state index contributed by atoms with van der Waals surface area (Å²) in [6.45, 7) is 4.19. The molecule has 2 heterocycles. The minimum Gasteiger partial charge on any atom is -0.354 e. The number of imidazole rings is 1. The molecule has 1 saturated carbocycles. The Hall–Kier alpha value is -1.41. The highest BCUT2D eigenvalue weighted by Gasteiger charge is 2.28. The molecule has 0 bridgehead atoms. The summed E-state index contributed by atoms with van der Waals surface area (Å²) >= 11 is 0. The molecule has 2 aliphatic rings. The first-order chi connectivity index (χ1) is 11.5. The molecule has 1 aromatic heterocycles. The van der Waals surface area contributed by atoms with E-state index in [-0.39, 0.29) is 23.5 Å². The quantitative estimate of drug-likeness (QED) is 0.739. The first-order valence-electron chi connectivity index (χ1n) is 8.67. The largest absolute Gasteiger partial charge is 0.354 e. The van der Waals surface area contributed by atoms with Gasteiger partial charge < -0.3 is 9.88 Å². The molecule has 8 heteroatoms. The van der Waals surface area contributed by atoms with Crippen molar-refractivity contribution < 1.29 is 13.2 Å². The van der Waals surface area contributed by atoms with Gasteiger partial charge in [0.1, 0.15) is 0 Å². The fourth-order valence-corrected chi connectivity index (χ4v) is 3.92. The van der Waals surface area contributed by atoms with Gasteiger partial charge in [-0.1, -0.05) is 6.92 Å². The van der Waals surface area contributed by atoms with Crippen LogP contribution in [0.4, 0.5) is 0 Å². The van der Waals surface area contributed by atoms with Crippen LogP contribution in [0.15, 0.2) is 12.5 Å². The summed E-state index contributed by atoms with van der Waals surface area (Å²) in [5, 5.41) is 3.03. The third-order valence-electron chi connectivity index (χ3n) is 4.86. The molecule has 1 amide bonds. The van der Waals surface area contributed by atoms with Crippen LogP contribution in [-0.2, 0) is 21.2 Å². The van der Waals surface area contributed by atoms with Crippen LogP contribution in [0, 0.1) is 5.92 Å². The molecule has 0 aromatic carbocycles. The Bertz CT molecular complexity index is 681. The molecule has 1 N–H and O–H groups in total. The van der Waals surface area contributed by atoms with E-state index in [1.807, 2.05) is 6.20 Å². The van der Waals surface area contributed by atoms with E-state index in [0.717, 1.165) is 12.2 Å². The van der Waals surface area contributed by atoms with Crippen LogP contribution in [0.1, 0.15) is 37.9 Å². The first-order valence-corrected chi connectivity index (χ1v) is 10.5. The van der Waals surface area contributed by atoms with Crippen LogP contribution in [0.5, 0.6) is 0 Å². The second-order valence-corrected chi connectivity index (χ2v) is 9.34. The standard InChI is InChI=1S/C16H26N4O3S/c1-2-24(22,23)6-5-19-10-14-8-17-12-20(14)15(11-19)9-18-16(21)7-13-3-4-13/h8,12-13,15H,2-7,9-11H2,1H3,(H,18,21). The van der Waals surface area contributed by atoms with Gasteiger partial charge in [0.25, 0.3) is 0 Å². The van der Waals surface area contributed by atoms with E-state index >= 15 is 0 Å². The Morgan fingerprint density at radius 2 is 2.21 bits per heavy atom. The molecule has 1 aliphatic heterocycles. The molecule has 7 nitrogen and oxygen atoms in total. The summed E-state index contributed by atoms with van der Waals surface area (Å²) in [6.07, 6.45) is 6.58. The molecule has 0 spiro atoms. The Balaban J connectivity index is 1.57. The number of rotatable bonds is 8. The van der Waals surface area contributed by atoms with Crippen molar-refractivity contribution in [2.24, 2.45) is 5.92 Å². The van der Waals surface area contributed by atoms with Crippen molar-refractivity contribution in [3.8, 4) is 0 Å². The molecule has 1 aliphatic carbocycles. The number of fused-ring (bicyclic) bond motifs is 1. The highest BCUT2D eigenvalue weighted by atomic mass is 32.2. The Morgan fingerprint density at radius 1 is 1.42 bits per heavy atom. The van der Waals surface area contributed by atoms with E-state index in [1.54, 1.807) is 13.3 Å². The van der Waals surface area contributed by atoms with Crippen molar-refractivity contribution >= 4 is 15.7 Å². The van der Waals surface area contributed by atoms with Gasteiger partial charge in [-0.2, -0.15) is 0 Å². The van der Waals surface area contributed by atoms with Gasteiger partial charge >= 0.3 is 0 Å². The maximum atomic E-state index is 11.9. The topological polar surface area (TPSA) is 84.3 Å². The molecule has 1 unspecified atom stereocenters. The van der Waals surface area contributed by atoms with Gasteiger partial charge in [-0.05, 0) is 18.8 Å². The molecular formula is C16H26N4O3S. The summed E-state index contributed by atoms with van der Waals surface area (Å²) in [7, 11) is -2.97. The lowest BCUT2D eigenvalue weighted by molar-refractivity contribution is -0.121. The van der Waals surface area contributed by atoms with Crippen LogP contribution in [0.2, 0.25) is 0 Å². The number of carbonyl (C=O) groups excluding carboxylic acids is 1. The van der Waals surface area contributed by atoms with Crippen molar-refractivity contribution in [1.29, 1.82) is 0 Å². The maximum Gasteiger partial charge on any atom is 0.220 e. The Morgan fingerprint density at radius 3 is 2.92 bits per heavy atom. The van der Waals surface area contributed by atoms with E-state index in [9.17, 15) is 13.2 Å². The normalized spacial score (nSPS) is 21.5. The molecule has 0 radical (unpaired) electrons. The van der Waals surface area contributed by atoms with Gasteiger partial charge in [0, 0.05) is 44.5 Å². The third-order valence-corrected chi connectivity index (χ3v) is 6.54. The second kappa shape index (κ2) is 7.23. The lowest BCUT2D eigenvalue weighted by Crippen LogP contribution is -2.43. The number of amides is 1. The SMILES string of the molecule is CCS(=O)(=O)CCN1Cc2cncn2C(CNC(=O)CC2CC2)C1. The van der Waals surface area contributed by atoms with Gasteiger partial charge in [-0.15, -0.1) is 0 Å². The second-order valence-electron chi connectivity index (χ2n) is 6.87. The van der Waals surface area contributed by atoms with E-state index in [2.05, 4.69) is 19.8 Å². The van der Waals surface area contributed by atoms with E-state index in [0.29, 0.717) is 32.0 Å². The molecular weight excluding hydrogens is 328 g/mol. The first kappa shape index (κ1) is 17.4. The Kier molecular flexibility index (Phi) is 5.24. The molecule has 1 aromatic rings. The number of hydrogen-bond acceptors (Lipinski definition) is 5. The van der Waals surface area contributed by atoms with Gasteiger partial charge in [-0.3, -0.25) is 9.69 Å². The number of nitrogens with zero attached hydrogens (tertiary/aromatic N) is 3. The lowest BCUT2D eigenvalue weighted by atomic mass is 10.1. The molecule has 24 heavy (non-hydrogen) atoms. The van der Waals surface area contributed by atoms with Crippen molar-refractivity contribution in [1.82, 2.24) is 19.8 Å². The van der Waals surface area contributed by atoms with Crippen LogP contribution in [-0.4, -0.2) is 59.9 Å². The van der Waals surface area contributed by atoms with Crippen molar-refractivity contribution in [3.05, 3.63) is 18.2 Å². The minimum absolute atomic E-state index is 0.101. The predicted octanol–water partition coefficient (Wildman–Crippen LogP) is 0.591. The van der Waals surface area contributed by atoms with Crippen LogP contribution in [0.25, 0.3) is 0 Å². The summed E-state index contributed by atoms with van der Waals surface area (Å²) in [5.74, 6) is 1.05. The van der Waals surface area contributed by atoms with E-state index < -0.39 is 9.84 Å². The number of nitrogens with one attached hydrogen (secondary N) is 1. The molecule has 3 rings (SSSR count). The third kappa shape index (κ3) is 4.57. The number of aromatic nitrogens is 2. The smallest absolute Gasteiger partial charge is 0.220 e. The van der Waals surface area contributed by atoms with Gasteiger partial charge in [0.2, 0.25) is 5.91 Å². The maximum absolute atomic E-state index is 11.9. The van der Waals surface area contributed by atoms with Crippen molar-refractivity contribution in [2.75, 3.05) is 31.1 Å². The van der Waals surface area contributed by atoms with Gasteiger partial charge in [0.05, 0.1) is 23.8 Å². The number of carbonyl (C=O) groups is 1. The molecule has 1 atom stereocenters. The summed E-state index contributed by atoms with van der Waals surface area (Å²) in [4.78, 5) is 18.3. The van der Waals surface area contributed by atoms with Crippen LogP contribution in [0.3, 0.4) is 0 Å². The molecule has 134 valence electrons. The summed E-state index contributed by atoms with van der Waals surface area (Å²) < 4.78 is 25.6. The number of hydrogen-bond donors (Lipinski definition) is 1. The van der Waals surface area contributed by atoms with Crippen LogP contribution >= 0.6 is 0 Å². The van der Waals surface area contributed by atoms with Crippen molar-refractivity contribution in [2.45, 2.75) is 38.8 Å². The van der Waals surface area contributed by atoms with Crippen molar-refractivity contribution in [3.63, 3.8) is 0 Å². The average molecular weight is 354 g/mol. The van der Waals surface area contributed by atoms with E-state index in [1.165, 1.54) is 12.8 Å². The predicted molar refractivity (Wildman–Crippen MR) is 91.2 cm³/mol. The Labute approximate surface area is 143 Å². The molecule has 0 saturated heterocycles. The zero-order valence-corrected chi connectivity index (χ0v) is 15.0. The average Bonchev–Trinajstić information content (AvgIpc) is 3.24. The van der Waals surface area contributed by atoms with Gasteiger partial charge in [0.15, 0.2) is 9.84 Å². The fourth-order valence-electron chi connectivity index (χ4n) is 3.10. The zero-order valence-electron chi connectivity index (χ0n) is 14.1. The fraction of sp³-hybridized carbons (Fsp3) is 0.750. The zero-order chi connectivity index (χ0) is 17.2. The van der Waals surface area contributed by atoms with Crippen LogP contribution < -0.4 is 5.32 Å². The highest BCUT2D eigenvalue weighted by Crippen LogP contribution is 2.32. The monoisotopic (exact) mass is 354 g/mol. The minimum atomic E-state index is -2.97. The lowest BCUT2D eigenvalue weighted by Gasteiger charge is -2.34. The summed E-state index contributed by atoms with van der Waals surface area (Å²) in [5.41, 5.74) is 1.07. The van der Waals surface area contributed by atoms with E-state index in [4.69, 9.17) is 0 Å². The van der Waals surface area contributed by atoms with Gasteiger partial charge in [-0.25, -0.2) is 13.4 Å².